The first-order valence-corrected chi connectivity index (χ1v) is 6.03. The monoisotopic (exact) mass is 249 g/mol. The Balaban J connectivity index is 2.66. The lowest BCUT2D eigenvalue weighted by molar-refractivity contribution is -0.117. The average molecular weight is 249 g/mol. The van der Waals surface area contributed by atoms with Gasteiger partial charge in [0.25, 0.3) is 5.91 Å². The lowest BCUT2D eigenvalue weighted by Crippen LogP contribution is -2.34. The van der Waals surface area contributed by atoms with E-state index in [1.54, 1.807) is 24.3 Å². The summed E-state index contributed by atoms with van der Waals surface area (Å²) in [6.07, 6.45) is 0.586. The van der Waals surface area contributed by atoms with Gasteiger partial charge in [0.15, 0.2) is 0 Å². The molecule has 5 nitrogen and oxygen atoms in total. The molecule has 1 rings (SSSR count). The Kier molecular flexibility index (Phi) is 5.32. The molecule has 0 spiro atoms. The standard InChI is InChI=1S/C13H19N3O2/c1-3-11(14)13(18)16-10-7-5-9(6-8-10)12(17)15-4-2/h5-8,11H,3-4,14H2,1-2H3,(H,15,17)(H,16,18)/t11-/m1/s1. The molecule has 0 aliphatic rings. The number of benzene rings is 1. The Hall–Kier alpha value is -1.88. The molecule has 1 aromatic rings. The molecule has 1 atom stereocenters. The first kappa shape index (κ1) is 14.2. The zero-order valence-electron chi connectivity index (χ0n) is 10.7. The van der Waals surface area contributed by atoms with Crippen molar-refractivity contribution in [1.29, 1.82) is 0 Å². The van der Waals surface area contributed by atoms with Gasteiger partial charge in [0.05, 0.1) is 6.04 Å². The van der Waals surface area contributed by atoms with Crippen LogP contribution in [0.4, 0.5) is 5.69 Å². The van der Waals surface area contributed by atoms with Gasteiger partial charge in [-0.25, -0.2) is 0 Å². The van der Waals surface area contributed by atoms with Gasteiger partial charge in [-0.1, -0.05) is 6.92 Å². The maximum Gasteiger partial charge on any atom is 0.251 e. The van der Waals surface area contributed by atoms with Crippen LogP contribution < -0.4 is 16.4 Å². The number of hydrogen-bond acceptors (Lipinski definition) is 3. The lowest BCUT2D eigenvalue weighted by atomic mass is 10.1. The molecule has 2 amide bonds. The summed E-state index contributed by atoms with van der Waals surface area (Å²) in [6, 6.07) is 6.19. The van der Waals surface area contributed by atoms with Crippen molar-refractivity contribution in [3.05, 3.63) is 29.8 Å². The molecule has 5 heteroatoms. The van der Waals surface area contributed by atoms with Gasteiger partial charge in [-0.05, 0) is 37.6 Å². The van der Waals surface area contributed by atoms with Crippen LogP contribution in [0.5, 0.6) is 0 Å². The summed E-state index contributed by atoms with van der Waals surface area (Å²) in [5.41, 5.74) is 6.81. The molecule has 0 saturated heterocycles. The first-order valence-electron chi connectivity index (χ1n) is 6.03. The Morgan fingerprint density at radius 1 is 1.22 bits per heavy atom. The number of anilines is 1. The van der Waals surface area contributed by atoms with Gasteiger partial charge < -0.3 is 16.4 Å². The molecule has 0 unspecified atom stereocenters. The highest BCUT2D eigenvalue weighted by Gasteiger charge is 2.11. The highest BCUT2D eigenvalue weighted by atomic mass is 16.2. The minimum absolute atomic E-state index is 0.124. The third-order valence-corrected chi connectivity index (χ3v) is 2.53. The van der Waals surface area contributed by atoms with E-state index in [0.29, 0.717) is 24.2 Å². The number of rotatable bonds is 5. The van der Waals surface area contributed by atoms with Crippen LogP contribution in [-0.2, 0) is 4.79 Å². The van der Waals surface area contributed by atoms with Gasteiger partial charge in [0, 0.05) is 17.8 Å². The van der Waals surface area contributed by atoms with Crippen LogP contribution >= 0.6 is 0 Å². The van der Waals surface area contributed by atoms with Crippen LogP contribution in [0.2, 0.25) is 0 Å². The zero-order valence-corrected chi connectivity index (χ0v) is 10.7. The molecule has 0 aliphatic heterocycles. The third-order valence-electron chi connectivity index (χ3n) is 2.53. The van der Waals surface area contributed by atoms with Crippen LogP contribution in [0, 0.1) is 0 Å². The van der Waals surface area contributed by atoms with Crippen molar-refractivity contribution in [2.24, 2.45) is 5.73 Å². The van der Waals surface area contributed by atoms with Crippen LogP contribution in [0.3, 0.4) is 0 Å². The Labute approximate surface area is 107 Å². The maximum absolute atomic E-state index is 11.5. The van der Waals surface area contributed by atoms with Crippen molar-refractivity contribution >= 4 is 17.5 Å². The van der Waals surface area contributed by atoms with Gasteiger partial charge >= 0.3 is 0 Å². The number of amides is 2. The minimum Gasteiger partial charge on any atom is -0.352 e. The number of nitrogens with one attached hydrogen (secondary N) is 2. The molecular formula is C13H19N3O2. The molecule has 0 aliphatic carbocycles. The van der Waals surface area contributed by atoms with Gasteiger partial charge in [-0.3, -0.25) is 9.59 Å². The summed E-state index contributed by atoms with van der Waals surface area (Å²) in [6.45, 7) is 4.30. The summed E-state index contributed by atoms with van der Waals surface area (Å²) in [5.74, 6) is -0.344. The second kappa shape index (κ2) is 6.76. The van der Waals surface area contributed by atoms with Crippen LogP contribution in [-0.4, -0.2) is 24.4 Å². The molecule has 18 heavy (non-hydrogen) atoms. The first-order chi connectivity index (χ1) is 8.58. The normalized spacial score (nSPS) is 11.7. The zero-order chi connectivity index (χ0) is 13.5. The minimum atomic E-state index is -0.506. The maximum atomic E-state index is 11.5. The van der Waals surface area contributed by atoms with Crippen molar-refractivity contribution in [1.82, 2.24) is 5.32 Å². The van der Waals surface area contributed by atoms with E-state index in [2.05, 4.69) is 10.6 Å². The van der Waals surface area contributed by atoms with Gasteiger partial charge in [0.2, 0.25) is 5.91 Å². The average Bonchev–Trinajstić information content (AvgIpc) is 2.38. The summed E-state index contributed by atoms with van der Waals surface area (Å²) in [4.78, 5) is 23.1. The van der Waals surface area contributed by atoms with Gasteiger partial charge in [0.1, 0.15) is 0 Å². The number of carbonyl (C=O) groups excluding carboxylic acids is 2. The number of carbonyl (C=O) groups is 2. The van der Waals surface area contributed by atoms with E-state index in [-0.39, 0.29) is 11.8 Å². The van der Waals surface area contributed by atoms with E-state index < -0.39 is 6.04 Å². The van der Waals surface area contributed by atoms with Crippen molar-refractivity contribution in [3.8, 4) is 0 Å². The lowest BCUT2D eigenvalue weighted by Gasteiger charge is -2.10. The summed E-state index contributed by atoms with van der Waals surface area (Å²) in [7, 11) is 0. The van der Waals surface area contributed by atoms with Gasteiger partial charge in [-0.15, -0.1) is 0 Å². The molecule has 0 bridgehead atoms. The summed E-state index contributed by atoms with van der Waals surface area (Å²) in [5, 5.41) is 5.40. The van der Waals surface area contributed by atoms with E-state index in [1.807, 2.05) is 13.8 Å². The fourth-order valence-electron chi connectivity index (χ4n) is 1.39. The molecule has 0 radical (unpaired) electrons. The third kappa shape index (κ3) is 3.85. The van der Waals surface area contributed by atoms with E-state index in [9.17, 15) is 9.59 Å². The molecule has 0 fully saturated rings. The number of nitrogens with two attached hydrogens (primary N) is 1. The molecule has 0 heterocycles. The SMILES string of the molecule is CCNC(=O)c1ccc(NC(=O)[C@H](N)CC)cc1. The Morgan fingerprint density at radius 2 is 1.83 bits per heavy atom. The number of hydrogen-bond donors (Lipinski definition) is 3. The smallest absolute Gasteiger partial charge is 0.251 e. The topological polar surface area (TPSA) is 84.2 Å². The molecule has 0 saturated carbocycles. The summed E-state index contributed by atoms with van der Waals surface area (Å²) >= 11 is 0. The van der Waals surface area contributed by atoms with Crippen LogP contribution in [0.1, 0.15) is 30.6 Å². The van der Waals surface area contributed by atoms with Crippen molar-refractivity contribution < 1.29 is 9.59 Å². The fraction of sp³-hybridized carbons (Fsp3) is 0.385. The van der Waals surface area contributed by atoms with E-state index in [1.165, 1.54) is 0 Å². The molecule has 1 aromatic carbocycles. The van der Waals surface area contributed by atoms with Crippen molar-refractivity contribution in [2.45, 2.75) is 26.3 Å². The fourth-order valence-corrected chi connectivity index (χ4v) is 1.39. The quantitative estimate of drug-likeness (QED) is 0.731. The van der Waals surface area contributed by atoms with Crippen molar-refractivity contribution in [2.75, 3.05) is 11.9 Å². The van der Waals surface area contributed by atoms with E-state index in [0.717, 1.165) is 0 Å². The van der Waals surface area contributed by atoms with E-state index in [4.69, 9.17) is 5.73 Å². The van der Waals surface area contributed by atoms with Crippen molar-refractivity contribution in [3.63, 3.8) is 0 Å². The Bertz CT molecular complexity index is 415. The predicted octanol–water partition coefficient (Wildman–Crippen LogP) is 1.11. The molecular weight excluding hydrogens is 230 g/mol. The van der Waals surface area contributed by atoms with Gasteiger partial charge in [-0.2, -0.15) is 0 Å². The second-order valence-electron chi connectivity index (χ2n) is 3.94. The highest BCUT2D eigenvalue weighted by Crippen LogP contribution is 2.10. The second-order valence-corrected chi connectivity index (χ2v) is 3.94. The van der Waals surface area contributed by atoms with Crippen LogP contribution in [0.25, 0.3) is 0 Å². The molecule has 4 N–H and O–H groups in total. The molecule has 98 valence electrons. The largest absolute Gasteiger partial charge is 0.352 e. The Morgan fingerprint density at radius 3 is 2.33 bits per heavy atom. The van der Waals surface area contributed by atoms with Crippen LogP contribution in [0.15, 0.2) is 24.3 Å². The van der Waals surface area contributed by atoms with E-state index >= 15 is 0 Å². The summed E-state index contributed by atoms with van der Waals surface area (Å²) < 4.78 is 0. The molecule has 0 aromatic heterocycles. The highest BCUT2D eigenvalue weighted by molar-refractivity contribution is 5.97. The predicted molar refractivity (Wildman–Crippen MR) is 71.3 cm³/mol.